The van der Waals surface area contributed by atoms with Crippen molar-refractivity contribution >= 4 is 27.7 Å². The Kier molecular flexibility index (Phi) is 7.35. The van der Waals surface area contributed by atoms with Gasteiger partial charge >= 0.3 is 0 Å². The number of benzene rings is 2. The number of hydrogen-bond acceptors (Lipinski definition) is 6. The lowest BCUT2D eigenvalue weighted by Gasteiger charge is -2.35. The number of carbonyl (C=O) groups is 2. The molecule has 0 bridgehead atoms. The van der Waals surface area contributed by atoms with Crippen LogP contribution in [0.15, 0.2) is 54.7 Å². The van der Waals surface area contributed by atoms with E-state index in [9.17, 15) is 22.4 Å². The first-order valence-corrected chi connectivity index (χ1v) is 12.7. The molecule has 4 rings (SSSR count). The number of nitrogens with zero attached hydrogens (tertiary/aromatic N) is 4. The molecule has 1 aromatic heterocycles. The normalized spacial score (nSPS) is 19.1. The molecule has 3 N–H and O–H groups in total. The molecule has 0 spiro atoms. The second kappa shape index (κ2) is 10.5. The van der Waals surface area contributed by atoms with Gasteiger partial charge in [-0.15, -0.1) is 0 Å². The lowest BCUT2D eigenvalue weighted by Crippen LogP contribution is -2.62. The average Bonchev–Trinajstić information content (AvgIpc) is 3.26. The monoisotopic (exact) mass is 525 g/mol. The molecular formula is C24H24FN7O4S. The highest BCUT2D eigenvalue weighted by Crippen LogP contribution is 2.21. The van der Waals surface area contributed by atoms with Gasteiger partial charge in [0.05, 0.1) is 23.5 Å². The minimum atomic E-state index is -4.16. The first-order chi connectivity index (χ1) is 17.6. The number of aryl methyl sites for hydroxylation is 1. The molecule has 0 radical (unpaired) electrons. The van der Waals surface area contributed by atoms with Crippen molar-refractivity contribution in [1.29, 1.82) is 5.26 Å². The van der Waals surface area contributed by atoms with Crippen LogP contribution in [0.4, 0.5) is 10.1 Å². The zero-order valence-corrected chi connectivity index (χ0v) is 20.8. The Labute approximate surface area is 213 Å². The van der Waals surface area contributed by atoms with Crippen LogP contribution in [0.2, 0.25) is 0 Å². The maximum absolute atomic E-state index is 13.6. The SMILES string of the molecule is Cc1cn(-c2ccccc2)nc1CNC(=O)C1CC(C(=O)Nc2ccc(F)c(C#N)c2)N(C)S(=O)(=O)N1. The summed E-state index contributed by atoms with van der Waals surface area (Å²) in [6, 6.07) is 12.1. The molecule has 1 saturated heterocycles. The van der Waals surface area contributed by atoms with Crippen LogP contribution in [0.3, 0.4) is 0 Å². The number of anilines is 1. The molecule has 2 amide bonds. The highest BCUT2D eigenvalue weighted by molar-refractivity contribution is 7.87. The molecule has 192 valence electrons. The van der Waals surface area contributed by atoms with E-state index in [0.717, 1.165) is 27.7 Å². The number of nitrogens with one attached hydrogen (secondary N) is 3. The number of para-hydroxylation sites is 1. The predicted octanol–water partition coefficient (Wildman–Crippen LogP) is 1.35. The number of rotatable bonds is 6. The third kappa shape index (κ3) is 5.67. The maximum atomic E-state index is 13.6. The molecule has 1 aliphatic rings. The number of nitriles is 1. The van der Waals surface area contributed by atoms with E-state index in [1.807, 2.05) is 43.5 Å². The largest absolute Gasteiger partial charge is 0.349 e. The molecule has 0 saturated carbocycles. The zero-order chi connectivity index (χ0) is 26.7. The summed E-state index contributed by atoms with van der Waals surface area (Å²) >= 11 is 0. The van der Waals surface area contributed by atoms with Crippen molar-refractivity contribution in [1.82, 2.24) is 24.1 Å². The molecule has 2 aromatic carbocycles. The summed E-state index contributed by atoms with van der Waals surface area (Å²) in [6.45, 7) is 1.90. The highest BCUT2D eigenvalue weighted by Gasteiger charge is 2.42. The fourth-order valence-electron chi connectivity index (χ4n) is 3.87. The second-order valence-electron chi connectivity index (χ2n) is 8.50. The van der Waals surface area contributed by atoms with Gasteiger partial charge < -0.3 is 10.6 Å². The first-order valence-electron chi connectivity index (χ1n) is 11.2. The Morgan fingerprint density at radius 3 is 2.65 bits per heavy atom. The van der Waals surface area contributed by atoms with E-state index in [-0.39, 0.29) is 24.2 Å². The van der Waals surface area contributed by atoms with E-state index in [1.165, 1.54) is 13.1 Å². The van der Waals surface area contributed by atoms with Gasteiger partial charge in [-0.25, -0.2) is 9.07 Å². The standard InChI is InChI=1S/C24H24FN7O4S/c1-15-14-32(18-6-4-3-5-7-18)29-21(15)13-27-23(33)20-11-22(31(2)37(35,36)30-20)24(34)28-17-8-9-19(25)16(10-17)12-26/h3-10,14,20,22,30H,11,13H2,1-2H3,(H,27,33)(H,28,34). The lowest BCUT2D eigenvalue weighted by molar-refractivity contribution is -0.124. The van der Waals surface area contributed by atoms with Crippen molar-refractivity contribution < 1.29 is 22.4 Å². The molecule has 3 aromatic rings. The van der Waals surface area contributed by atoms with Gasteiger partial charge in [0.2, 0.25) is 11.8 Å². The van der Waals surface area contributed by atoms with E-state index in [1.54, 1.807) is 10.8 Å². The Balaban J connectivity index is 1.45. The van der Waals surface area contributed by atoms with Gasteiger partial charge in [-0.2, -0.15) is 27.8 Å². The number of carbonyl (C=O) groups excluding carboxylic acids is 2. The molecule has 13 heteroatoms. The highest BCUT2D eigenvalue weighted by atomic mass is 32.2. The van der Waals surface area contributed by atoms with Crippen LogP contribution < -0.4 is 15.4 Å². The van der Waals surface area contributed by atoms with E-state index in [4.69, 9.17) is 5.26 Å². The fourth-order valence-corrected chi connectivity index (χ4v) is 5.12. The molecule has 11 nitrogen and oxygen atoms in total. The summed E-state index contributed by atoms with van der Waals surface area (Å²) in [6.07, 6.45) is 1.67. The van der Waals surface area contributed by atoms with Crippen molar-refractivity contribution in [3.05, 3.63) is 77.4 Å². The summed E-state index contributed by atoms with van der Waals surface area (Å²) in [5, 5.41) is 18.7. The minimum absolute atomic E-state index is 0.0575. The molecule has 0 aliphatic carbocycles. The van der Waals surface area contributed by atoms with Gasteiger partial charge in [-0.1, -0.05) is 18.2 Å². The first kappa shape index (κ1) is 26.0. The van der Waals surface area contributed by atoms with Gasteiger partial charge in [0.25, 0.3) is 10.2 Å². The molecular weight excluding hydrogens is 501 g/mol. The summed E-state index contributed by atoms with van der Waals surface area (Å²) in [5.41, 5.74) is 2.14. The Hall–Kier alpha value is -4.12. The lowest BCUT2D eigenvalue weighted by atomic mass is 10.1. The number of amides is 2. The van der Waals surface area contributed by atoms with Gasteiger partial charge in [-0.3, -0.25) is 9.59 Å². The number of hydrogen-bond donors (Lipinski definition) is 3. The van der Waals surface area contributed by atoms with Crippen LogP contribution in [0.1, 0.15) is 23.2 Å². The molecule has 1 aliphatic heterocycles. The Morgan fingerprint density at radius 1 is 1.22 bits per heavy atom. The van der Waals surface area contributed by atoms with E-state index < -0.39 is 39.9 Å². The van der Waals surface area contributed by atoms with Crippen LogP contribution in [0.5, 0.6) is 0 Å². The van der Waals surface area contributed by atoms with Crippen LogP contribution in [-0.2, 0) is 26.3 Å². The average molecular weight is 526 g/mol. The van der Waals surface area contributed by atoms with Crippen LogP contribution in [-0.4, -0.2) is 53.4 Å². The summed E-state index contributed by atoms with van der Waals surface area (Å²) in [4.78, 5) is 25.8. The Morgan fingerprint density at radius 2 is 1.95 bits per heavy atom. The third-order valence-corrected chi connectivity index (χ3v) is 7.59. The van der Waals surface area contributed by atoms with E-state index in [0.29, 0.717) is 5.69 Å². The van der Waals surface area contributed by atoms with E-state index in [2.05, 4.69) is 20.5 Å². The predicted molar refractivity (Wildman–Crippen MR) is 132 cm³/mol. The molecule has 2 atom stereocenters. The van der Waals surface area contributed by atoms with Crippen molar-refractivity contribution in [3.63, 3.8) is 0 Å². The van der Waals surface area contributed by atoms with Crippen LogP contribution in [0, 0.1) is 24.1 Å². The van der Waals surface area contributed by atoms with Crippen LogP contribution >= 0.6 is 0 Å². The van der Waals surface area contributed by atoms with Crippen molar-refractivity contribution in [2.45, 2.75) is 32.0 Å². The van der Waals surface area contributed by atoms with E-state index >= 15 is 0 Å². The quantitative estimate of drug-likeness (QED) is 0.442. The van der Waals surface area contributed by atoms with Gasteiger partial charge in [0.1, 0.15) is 24.0 Å². The molecule has 37 heavy (non-hydrogen) atoms. The summed E-state index contributed by atoms with van der Waals surface area (Å²) in [5.74, 6) is -2.09. The number of halogens is 1. The minimum Gasteiger partial charge on any atom is -0.349 e. The van der Waals surface area contributed by atoms with Gasteiger partial charge in [0, 0.05) is 18.9 Å². The summed E-state index contributed by atoms with van der Waals surface area (Å²) in [7, 11) is -2.94. The Bertz CT molecular complexity index is 1480. The summed E-state index contributed by atoms with van der Waals surface area (Å²) < 4.78 is 43.7. The van der Waals surface area contributed by atoms with Crippen LogP contribution in [0.25, 0.3) is 5.69 Å². The second-order valence-corrected chi connectivity index (χ2v) is 10.3. The molecule has 2 unspecified atom stereocenters. The van der Waals surface area contributed by atoms with Gasteiger partial charge in [0.15, 0.2) is 0 Å². The fraction of sp³-hybridized carbons (Fsp3) is 0.250. The number of likely N-dealkylation sites (N-methyl/N-ethyl adjacent to an activating group) is 1. The third-order valence-electron chi connectivity index (χ3n) is 5.99. The maximum Gasteiger partial charge on any atom is 0.280 e. The molecule has 1 fully saturated rings. The smallest absolute Gasteiger partial charge is 0.280 e. The topological polar surface area (TPSA) is 149 Å². The molecule has 2 heterocycles. The van der Waals surface area contributed by atoms with Crippen molar-refractivity contribution in [3.8, 4) is 11.8 Å². The number of aromatic nitrogens is 2. The van der Waals surface area contributed by atoms with Crippen molar-refractivity contribution in [2.24, 2.45) is 0 Å². The van der Waals surface area contributed by atoms with Gasteiger partial charge in [-0.05, 0) is 49.2 Å². The zero-order valence-electron chi connectivity index (χ0n) is 20.0. The van der Waals surface area contributed by atoms with Crippen molar-refractivity contribution in [2.75, 3.05) is 12.4 Å².